The van der Waals surface area contributed by atoms with Crippen molar-refractivity contribution in [3.63, 3.8) is 0 Å². The molecule has 0 N–H and O–H groups in total. The highest BCUT2D eigenvalue weighted by Gasteiger charge is 2.37. The van der Waals surface area contributed by atoms with Gasteiger partial charge in [-0.2, -0.15) is 0 Å². The molecular weight excluding hydrogens is 408 g/mol. The van der Waals surface area contributed by atoms with Crippen LogP contribution in [0.15, 0.2) is 72.8 Å². The molecule has 0 radical (unpaired) electrons. The van der Waals surface area contributed by atoms with E-state index in [0.29, 0.717) is 11.4 Å². The second-order valence-electron chi connectivity index (χ2n) is 7.36. The Bertz CT molecular complexity index is 1240. The van der Waals surface area contributed by atoms with Crippen molar-refractivity contribution in [2.24, 2.45) is 0 Å². The van der Waals surface area contributed by atoms with E-state index in [9.17, 15) is 19.2 Å². The summed E-state index contributed by atoms with van der Waals surface area (Å²) in [5.74, 6) is -2.10. The van der Waals surface area contributed by atoms with Gasteiger partial charge in [0.1, 0.15) is 0 Å². The van der Waals surface area contributed by atoms with Crippen LogP contribution in [-0.4, -0.2) is 37.3 Å². The highest BCUT2D eigenvalue weighted by Crippen LogP contribution is 2.31. The first kappa shape index (κ1) is 21.0. The Balaban J connectivity index is 1.49. The summed E-state index contributed by atoms with van der Waals surface area (Å²) in [6, 6.07) is 20.2. The summed E-state index contributed by atoms with van der Waals surface area (Å²) < 4.78 is 5.14. The van der Waals surface area contributed by atoms with E-state index in [2.05, 4.69) is 0 Å². The fourth-order valence-corrected chi connectivity index (χ4v) is 3.50. The molecule has 1 aliphatic heterocycles. The van der Waals surface area contributed by atoms with Crippen molar-refractivity contribution in [1.82, 2.24) is 0 Å². The second-order valence-corrected chi connectivity index (χ2v) is 7.36. The molecule has 3 aromatic rings. The Kier molecular flexibility index (Phi) is 5.55. The summed E-state index contributed by atoms with van der Waals surface area (Å²) in [7, 11) is 1.59. The van der Waals surface area contributed by atoms with Crippen molar-refractivity contribution >= 4 is 35.1 Å². The third-order valence-corrected chi connectivity index (χ3v) is 5.32. The number of imide groups is 1. The molecule has 7 nitrogen and oxygen atoms in total. The maximum atomic E-state index is 12.9. The van der Waals surface area contributed by atoms with Crippen LogP contribution in [0.4, 0.5) is 11.4 Å². The molecule has 7 heteroatoms. The van der Waals surface area contributed by atoms with Gasteiger partial charge >= 0.3 is 5.97 Å². The Hall–Kier alpha value is -4.26. The summed E-state index contributed by atoms with van der Waals surface area (Å²) in [5.41, 5.74) is 2.38. The number of aryl methyl sites for hydroxylation is 1. The van der Waals surface area contributed by atoms with Gasteiger partial charge in [-0.15, -0.1) is 0 Å². The molecule has 0 saturated carbocycles. The zero-order chi connectivity index (χ0) is 22.8. The number of fused-ring (bicyclic) bond motifs is 1. The topological polar surface area (TPSA) is 84.0 Å². The molecule has 0 atom stereocenters. The monoisotopic (exact) mass is 428 g/mol. The van der Waals surface area contributed by atoms with E-state index in [1.54, 1.807) is 43.4 Å². The lowest BCUT2D eigenvalue weighted by Gasteiger charge is -2.17. The Morgan fingerprint density at radius 2 is 1.53 bits per heavy atom. The molecule has 4 rings (SSSR count). The molecule has 160 valence electrons. The number of anilines is 2. The fraction of sp³-hybridized carbons (Fsp3) is 0.120. The number of carbonyl (C=O) groups is 4. The van der Waals surface area contributed by atoms with Gasteiger partial charge in [0.15, 0.2) is 6.61 Å². The predicted octanol–water partition coefficient (Wildman–Crippen LogP) is 3.62. The van der Waals surface area contributed by atoms with Gasteiger partial charge in [-0.1, -0.05) is 36.4 Å². The first-order chi connectivity index (χ1) is 15.4. The SMILES string of the molecule is Cc1ccccc1N1C(=O)c2ccc(C(=O)OCC(=O)N(C)c3ccccc3)cc2C1=O. The molecule has 3 amide bonds. The zero-order valence-electron chi connectivity index (χ0n) is 17.6. The zero-order valence-corrected chi connectivity index (χ0v) is 17.6. The Labute approximate surface area is 184 Å². The maximum absolute atomic E-state index is 12.9. The van der Waals surface area contributed by atoms with E-state index in [4.69, 9.17) is 4.74 Å². The van der Waals surface area contributed by atoms with Crippen molar-refractivity contribution < 1.29 is 23.9 Å². The third-order valence-electron chi connectivity index (χ3n) is 5.32. The lowest BCUT2D eigenvalue weighted by Crippen LogP contribution is -2.31. The number of para-hydroxylation sites is 2. The quantitative estimate of drug-likeness (QED) is 0.458. The molecule has 0 unspecified atom stereocenters. The number of benzene rings is 3. The second kappa shape index (κ2) is 8.47. The Morgan fingerprint density at radius 1 is 0.875 bits per heavy atom. The first-order valence-corrected chi connectivity index (χ1v) is 9.95. The van der Waals surface area contributed by atoms with Gasteiger partial charge in [-0.05, 0) is 48.9 Å². The molecule has 0 fully saturated rings. The number of likely N-dealkylation sites (N-methyl/N-ethyl adjacent to an activating group) is 1. The normalized spacial score (nSPS) is 12.5. The summed E-state index contributed by atoms with van der Waals surface area (Å²) in [6.07, 6.45) is 0. The molecule has 0 aromatic heterocycles. The average Bonchev–Trinajstić information content (AvgIpc) is 3.07. The Morgan fingerprint density at radius 3 is 2.25 bits per heavy atom. The number of rotatable bonds is 5. The van der Waals surface area contributed by atoms with E-state index in [1.165, 1.54) is 23.1 Å². The minimum absolute atomic E-state index is 0.0895. The minimum Gasteiger partial charge on any atom is -0.452 e. The molecule has 0 aliphatic carbocycles. The number of carbonyl (C=O) groups excluding carboxylic acids is 4. The third kappa shape index (κ3) is 3.76. The van der Waals surface area contributed by atoms with E-state index in [0.717, 1.165) is 10.5 Å². The number of esters is 1. The molecule has 1 heterocycles. The lowest BCUT2D eigenvalue weighted by molar-refractivity contribution is -0.121. The fourth-order valence-electron chi connectivity index (χ4n) is 3.50. The number of ether oxygens (including phenoxy) is 1. The average molecular weight is 428 g/mol. The van der Waals surface area contributed by atoms with Crippen LogP contribution in [0.3, 0.4) is 0 Å². The van der Waals surface area contributed by atoms with Crippen LogP contribution in [0.25, 0.3) is 0 Å². The van der Waals surface area contributed by atoms with Gasteiger partial charge in [0.2, 0.25) is 0 Å². The van der Waals surface area contributed by atoms with E-state index in [-0.39, 0.29) is 16.7 Å². The molecule has 0 bridgehead atoms. The van der Waals surface area contributed by atoms with Crippen LogP contribution in [0.1, 0.15) is 36.6 Å². The van der Waals surface area contributed by atoms with Crippen LogP contribution in [-0.2, 0) is 9.53 Å². The van der Waals surface area contributed by atoms with Crippen LogP contribution < -0.4 is 9.80 Å². The molecule has 0 saturated heterocycles. The molecule has 0 spiro atoms. The van der Waals surface area contributed by atoms with Gasteiger partial charge in [-0.3, -0.25) is 14.4 Å². The van der Waals surface area contributed by atoms with Crippen LogP contribution in [0, 0.1) is 6.92 Å². The van der Waals surface area contributed by atoms with Crippen LogP contribution in [0.5, 0.6) is 0 Å². The highest BCUT2D eigenvalue weighted by atomic mass is 16.5. The van der Waals surface area contributed by atoms with Gasteiger partial charge in [0, 0.05) is 12.7 Å². The number of amides is 3. The highest BCUT2D eigenvalue weighted by molar-refractivity contribution is 6.35. The maximum Gasteiger partial charge on any atom is 0.338 e. The van der Waals surface area contributed by atoms with Gasteiger partial charge in [0.25, 0.3) is 17.7 Å². The standard InChI is InChI=1S/C25H20N2O5/c1-16-8-6-7-11-21(16)27-23(29)19-13-12-17(14-20(19)24(27)30)25(31)32-15-22(28)26(2)18-9-4-3-5-10-18/h3-14H,15H2,1-2H3. The van der Waals surface area contributed by atoms with Gasteiger partial charge in [-0.25, -0.2) is 9.69 Å². The van der Waals surface area contributed by atoms with Crippen molar-refractivity contribution in [1.29, 1.82) is 0 Å². The minimum atomic E-state index is -0.753. The molecule has 1 aliphatic rings. The van der Waals surface area contributed by atoms with Crippen LogP contribution in [0.2, 0.25) is 0 Å². The predicted molar refractivity (Wildman–Crippen MR) is 119 cm³/mol. The number of hydrogen-bond donors (Lipinski definition) is 0. The van der Waals surface area contributed by atoms with E-state index in [1.807, 2.05) is 25.1 Å². The smallest absolute Gasteiger partial charge is 0.338 e. The van der Waals surface area contributed by atoms with Crippen molar-refractivity contribution in [2.45, 2.75) is 6.92 Å². The summed E-state index contributed by atoms with van der Waals surface area (Å²) in [6.45, 7) is 1.36. The molecule has 3 aromatic carbocycles. The number of hydrogen-bond acceptors (Lipinski definition) is 5. The largest absolute Gasteiger partial charge is 0.452 e. The number of nitrogens with zero attached hydrogens (tertiary/aromatic N) is 2. The van der Waals surface area contributed by atoms with Crippen molar-refractivity contribution in [3.8, 4) is 0 Å². The molecular formula is C25H20N2O5. The summed E-state index contributed by atoms with van der Waals surface area (Å²) in [5, 5.41) is 0. The summed E-state index contributed by atoms with van der Waals surface area (Å²) >= 11 is 0. The van der Waals surface area contributed by atoms with Crippen molar-refractivity contribution in [2.75, 3.05) is 23.5 Å². The molecule has 32 heavy (non-hydrogen) atoms. The van der Waals surface area contributed by atoms with Gasteiger partial charge < -0.3 is 9.64 Å². The summed E-state index contributed by atoms with van der Waals surface area (Å²) in [4.78, 5) is 53.1. The van der Waals surface area contributed by atoms with Crippen molar-refractivity contribution in [3.05, 3.63) is 95.1 Å². The lowest BCUT2D eigenvalue weighted by atomic mass is 10.1. The van der Waals surface area contributed by atoms with Crippen LogP contribution >= 0.6 is 0 Å². The van der Waals surface area contributed by atoms with E-state index < -0.39 is 30.3 Å². The van der Waals surface area contributed by atoms with E-state index >= 15 is 0 Å². The first-order valence-electron chi connectivity index (χ1n) is 9.95. The van der Waals surface area contributed by atoms with Gasteiger partial charge in [0.05, 0.1) is 22.4 Å².